The molecule has 0 aromatic rings. The number of rotatable bonds is 0. The summed E-state index contributed by atoms with van der Waals surface area (Å²) in [7, 11) is 0. The van der Waals surface area contributed by atoms with Crippen LogP contribution in [0.25, 0.3) is 0 Å². The molecular weight excluding hydrogens is 245 g/mol. The molecule has 0 aliphatic rings. The normalized spacial score (nSPS) is 5.77. The van der Waals surface area contributed by atoms with Gasteiger partial charge in [-0.3, -0.25) is 14.4 Å². The Bertz CT molecular complexity index is 132. The summed E-state index contributed by atoms with van der Waals surface area (Å²) in [6, 6.07) is 0. The van der Waals surface area contributed by atoms with Crippen molar-refractivity contribution in [2.75, 3.05) is 0 Å². The molecule has 0 spiro atoms. The molecule has 6 nitrogen and oxygen atoms in total. The average Bonchev–Trinajstić information content (AvgIpc) is 1.54. The zero-order chi connectivity index (χ0) is 10.7. The van der Waals surface area contributed by atoms with Crippen molar-refractivity contribution in [2.24, 2.45) is 17.2 Å². The van der Waals surface area contributed by atoms with Crippen molar-refractivity contribution in [3.05, 3.63) is 0 Å². The summed E-state index contributed by atoms with van der Waals surface area (Å²) in [5.74, 6) is 0. The third-order valence-corrected chi connectivity index (χ3v) is 0. The van der Waals surface area contributed by atoms with Gasteiger partial charge in [0.05, 0.1) is 0 Å². The van der Waals surface area contributed by atoms with Gasteiger partial charge in [-0.05, 0) is 0 Å². The third kappa shape index (κ3) is 6440. The molecule has 0 heterocycles. The van der Waals surface area contributed by atoms with E-state index in [0.717, 1.165) is 0 Å². The maximum Gasteiger partial charge on any atom is 1.00 e. The van der Waals surface area contributed by atoms with E-state index < -0.39 is 15.7 Å². The fourth-order valence-electron chi connectivity index (χ4n) is 0. The monoisotopic (exact) mass is 255 g/mol. The first kappa shape index (κ1) is 23.4. The van der Waals surface area contributed by atoms with Crippen LogP contribution in [0, 0.1) is 0 Å². The minimum atomic E-state index is -0.639. The second-order valence-corrected chi connectivity index (χ2v) is 2.34. The van der Waals surface area contributed by atoms with Crippen molar-refractivity contribution >= 4 is 53.6 Å². The molecule has 0 atom stereocenters. The number of nitrogens with two attached hydrogens (primary N) is 3. The van der Waals surface area contributed by atoms with Gasteiger partial charge in [-0.1, -0.05) is 37.9 Å². The molecular formula is C3H10N3NaO3S3. The van der Waals surface area contributed by atoms with Crippen LogP contribution in [0.5, 0.6) is 0 Å². The zero-order valence-corrected chi connectivity index (χ0v) is 11.5. The number of hydrogen-bond acceptors (Lipinski definition) is 3. The van der Waals surface area contributed by atoms with Crippen LogP contribution in [0.1, 0.15) is 1.43 Å². The Hall–Kier alpha value is 0.460. The molecule has 0 aliphatic heterocycles. The smallest absolute Gasteiger partial charge is 1.00 e. The summed E-state index contributed by atoms with van der Waals surface area (Å²) < 4.78 is 0. The second kappa shape index (κ2) is 18.3. The van der Waals surface area contributed by atoms with Gasteiger partial charge >= 0.3 is 29.6 Å². The quantitative estimate of drug-likeness (QED) is 0.205. The van der Waals surface area contributed by atoms with Crippen molar-refractivity contribution in [1.29, 1.82) is 0 Å². The van der Waals surface area contributed by atoms with Crippen molar-refractivity contribution in [3.8, 4) is 0 Å². The van der Waals surface area contributed by atoms with Crippen molar-refractivity contribution in [1.82, 2.24) is 0 Å². The summed E-state index contributed by atoms with van der Waals surface area (Å²) in [5, 5.41) is -1.92. The van der Waals surface area contributed by atoms with E-state index in [0.29, 0.717) is 0 Å². The van der Waals surface area contributed by atoms with Gasteiger partial charge in [-0.15, -0.1) is 0 Å². The largest absolute Gasteiger partial charge is 1.00 e. The van der Waals surface area contributed by atoms with Gasteiger partial charge in [0.2, 0.25) is 0 Å². The first-order valence-corrected chi connectivity index (χ1v) is 3.49. The van der Waals surface area contributed by atoms with Gasteiger partial charge in [-0.25, -0.2) is 0 Å². The molecule has 0 saturated heterocycles. The summed E-state index contributed by atoms with van der Waals surface area (Å²) in [6.07, 6.45) is 0. The van der Waals surface area contributed by atoms with Gasteiger partial charge in [0, 0.05) is 0 Å². The van der Waals surface area contributed by atoms with Gasteiger partial charge in [0.25, 0.3) is 15.7 Å². The Labute approximate surface area is 115 Å². The first-order chi connectivity index (χ1) is 5.20. The molecule has 0 aromatic carbocycles. The Balaban J connectivity index is -0.0000000270. The summed E-state index contributed by atoms with van der Waals surface area (Å²) in [4.78, 5) is 27.3. The van der Waals surface area contributed by atoms with Crippen LogP contribution in [-0.4, -0.2) is 15.7 Å². The SMILES string of the molecule is NC(=O)S.NC(=O)S.NC(=O)S.[H-].[Na+]. The van der Waals surface area contributed by atoms with E-state index in [1.54, 1.807) is 0 Å². The number of carbonyl (C=O) groups excluding carboxylic acids is 3. The van der Waals surface area contributed by atoms with Crippen LogP contribution in [0.4, 0.5) is 14.4 Å². The van der Waals surface area contributed by atoms with Gasteiger partial charge in [0.1, 0.15) is 0 Å². The van der Waals surface area contributed by atoms with E-state index in [2.05, 4.69) is 55.1 Å². The Morgan fingerprint density at radius 3 is 0.769 bits per heavy atom. The minimum absolute atomic E-state index is 0. The fourth-order valence-corrected chi connectivity index (χ4v) is 0. The average molecular weight is 255 g/mol. The van der Waals surface area contributed by atoms with Crippen LogP contribution in [0.3, 0.4) is 0 Å². The van der Waals surface area contributed by atoms with Gasteiger partial charge in [-0.2, -0.15) is 0 Å². The maximum absolute atomic E-state index is 9.09. The van der Waals surface area contributed by atoms with E-state index in [1.807, 2.05) is 0 Å². The van der Waals surface area contributed by atoms with Crippen LogP contribution in [-0.2, 0) is 0 Å². The first-order valence-electron chi connectivity index (χ1n) is 2.15. The molecule has 0 radical (unpaired) electrons. The Morgan fingerprint density at radius 2 is 0.769 bits per heavy atom. The summed E-state index contributed by atoms with van der Waals surface area (Å²) in [5.41, 5.74) is 13.0. The topological polar surface area (TPSA) is 129 Å². The van der Waals surface area contributed by atoms with Crippen LogP contribution in [0.15, 0.2) is 0 Å². The number of primary amides is 3. The standard InChI is InChI=1S/3CH3NOS.Na.H/c3*2-1(3)4;;/h3*(H3,2,3,4);;/q;;;+1;-1. The molecule has 0 aliphatic carbocycles. The molecule has 74 valence electrons. The maximum atomic E-state index is 9.09. The Morgan fingerprint density at radius 1 is 0.769 bits per heavy atom. The second-order valence-electron chi connectivity index (χ2n) is 1.01. The molecule has 3 amide bonds. The van der Waals surface area contributed by atoms with Gasteiger partial charge in [0.15, 0.2) is 0 Å². The van der Waals surface area contributed by atoms with E-state index in [4.69, 9.17) is 14.4 Å². The molecule has 0 bridgehead atoms. The van der Waals surface area contributed by atoms with E-state index >= 15 is 0 Å². The number of hydrogen-bond donors (Lipinski definition) is 6. The van der Waals surface area contributed by atoms with Gasteiger partial charge < -0.3 is 18.6 Å². The predicted molar refractivity (Wildman–Crippen MR) is 56.8 cm³/mol. The van der Waals surface area contributed by atoms with Crippen LogP contribution < -0.4 is 46.8 Å². The van der Waals surface area contributed by atoms with Crippen molar-refractivity contribution in [3.63, 3.8) is 0 Å². The molecule has 0 unspecified atom stereocenters. The predicted octanol–water partition coefficient (Wildman–Crippen LogP) is -2.90. The molecule has 0 aromatic heterocycles. The molecule has 13 heavy (non-hydrogen) atoms. The summed E-state index contributed by atoms with van der Waals surface area (Å²) in [6.45, 7) is 0. The molecule has 6 N–H and O–H groups in total. The summed E-state index contributed by atoms with van der Waals surface area (Å²) >= 11 is 9.31. The minimum Gasteiger partial charge on any atom is -1.00 e. The number of thiol groups is 3. The van der Waals surface area contributed by atoms with Crippen molar-refractivity contribution < 1.29 is 45.4 Å². The van der Waals surface area contributed by atoms with Crippen LogP contribution in [0.2, 0.25) is 0 Å². The zero-order valence-electron chi connectivity index (χ0n) is 7.80. The third-order valence-electron chi connectivity index (χ3n) is 0. The van der Waals surface area contributed by atoms with E-state index in [9.17, 15) is 0 Å². The molecule has 0 rings (SSSR count). The Kier molecular flexibility index (Phi) is 32.8. The van der Waals surface area contributed by atoms with Crippen LogP contribution >= 0.6 is 37.9 Å². The number of carbonyl (C=O) groups is 3. The fraction of sp³-hybridized carbons (Fsp3) is 0. The van der Waals surface area contributed by atoms with E-state index in [-0.39, 0.29) is 31.0 Å². The molecule has 10 heteroatoms. The van der Waals surface area contributed by atoms with E-state index in [1.165, 1.54) is 0 Å². The molecule has 0 saturated carbocycles. The van der Waals surface area contributed by atoms with Crippen molar-refractivity contribution in [2.45, 2.75) is 0 Å². The number of amides is 3. The molecule has 0 fully saturated rings.